The molecular formula is C16H14N2O7. The van der Waals surface area contributed by atoms with E-state index >= 15 is 0 Å². The van der Waals surface area contributed by atoms with E-state index in [4.69, 9.17) is 9.47 Å². The molecule has 2 rings (SSSR count). The van der Waals surface area contributed by atoms with E-state index in [-0.39, 0.29) is 27.8 Å². The highest BCUT2D eigenvalue weighted by molar-refractivity contribution is 5.94. The number of carbonyl (C=O) groups excluding carboxylic acids is 2. The number of esters is 1. The van der Waals surface area contributed by atoms with Crippen molar-refractivity contribution in [2.75, 3.05) is 19.2 Å². The van der Waals surface area contributed by atoms with Gasteiger partial charge in [-0.15, -0.1) is 0 Å². The maximum Gasteiger partial charge on any atom is 0.478 e. The van der Waals surface area contributed by atoms with E-state index in [1.54, 1.807) is 18.2 Å². The zero-order valence-electron chi connectivity index (χ0n) is 13.4. The normalized spacial score (nSPS) is 9.84. The summed E-state index contributed by atoms with van der Waals surface area (Å²) in [7, 11) is 2.44. The molecule has 0 N–H and O–H groups in total. The maximum absolute atomic E-state index is 12.3. The Labute approximate surface area is 142 Å². The molecule has 0 saturated carbocycles. The third-order valence-electron chi connectivity index (χ3n) is 3.11. The molecule has 9 nitrogen and oxygen atoms in total. The van der Waals surface area contributed by atoms with Crippen LogP contribution >= 0.6 is 0 Å². The monoisotopic (exact) mass is 346 g/mol. The molecule has 0 unspecified atom stereocenters. The number of benzene rings is 2. The van der Waals surface area contributed by atoms with Crippen molar-refractivity contribution in [3.8, 4) is 11.5 Å². The first kappa shape index (κ1) is 17.7. The largest absolute Gasteiger partial charge is 0.494 e. The van der Waals surface area contributed by atoms with Crippen molar-refractivity contribution in [1.29, 1.82) is 0 Å². The van der Waals surface area contributed by atoms with E-state index in [2.05, 4.69) is 4.74 Å². The van der Waals surface area contributed by atoms with Crippen LogP contribution in [-0.2, 0) is 4.74 Å². The average molecular weight is 346 g/mol. The van der Waals surface area contributed by atoms with Gasteiger partial charge in [-0.25, -0.2) is 19.7 Å². The third kappa shape index (κ3) is 4.02. The molecule has 0 fully saturated rings. The van der Waals surface area contributed by atoms with E-state index < -0.39 is 17.1 Å². The van der Waals surface area contributed by atoms with E-state index in [0.29, 0.717) is 0 Å². The fourth-order valence-corrected chi connectivity index (χ4v) is 1.99. The molecule has 1 amide bonds. The molecule has 0 aromatic heterocycles. The van der Waals surface area contributed by atoms with Crippen LogP contribution in [-0.4, -0.2) is 31.3 Å². The Balaban J connectivity index is 2.43. The quantitative estimate of drug-likeness (QED) is 0.465. The van der Waals surface area contributed by atoms with E-state index in [9.17, 15) is 19.7 Å². The summed E-state index contributed by atoms with van der Waals surface area (Å²) in [6.07, 6.45) is -1.27. The lowest BCUT2D eigenvalue weighted by Gasteiger charge is -2.15. The summed E-state index contributed by atoms with van der Waals surface area (Å²) in [6, 6.07) is 11.6. The molecule has 0 spiro atoms. The lowest BCUT2D eigenvalue weighted by atomic mass is 10.2. The molecule has 0 atom stereocenters. The molecule has 25 heavy (non-hydrogen) atoms. The Kier molecular flexibility index (Phi) is 5.51. The number of hydrogen-bond donors (Lipinski definition) is 0. The van der Waals surface area contributed by atoms with Gasteiger partial charge in [0.2, 0.25) is 0 Å². The highest BCUT2D eigenvalue weighted by atomic mass is 16.7. The lowest BCUT2D eigenvalue weighted by Crippen LogP contribution is -2.38. The summed E-state index contributed by atoms with van der Waals surface area (Å²) in [5.41, 5.74) is -0.256. The number of hydrogen-bond acceptors (Lipinski definition) is 7. The topological polar surface area (TPSA) is 108 Å². The summed E-state index contributed by atoms with van der Waals surface area (Å²) in [4.78, 5) is 35.3. The Morgan fingerprint density at radius 3 is 2.32 bits per heavy atom. The van der Waals surface area contributed by atoms with Crippen LogP contribution in [0.5, 0.6) is 11.5 Å². The minimum atomic E-state index is -1.27. The molecule has 0 heterocycles. The Hall–Kier alpha value is -3.62. The van der Waals surface area contributed by atoms with Crippen LogP contribution in [0.4, 0.5) is 10.5 Å². The van der Waals surface area contributed by atoms with Gasteiger partial charge in [-0.05, 0) is 30.3 Å². The van der Waals surface area contributed by atoms with Crippen molar-refractivity contribution in [3.63, 3.8) is 0 Å². The number of carbonyl (C=O) groups is 2. The number of ether oxygens (including phenoxy) is 3. The molecule has 2 aromatic rings. The van der Waals surface area contributed by atoms with Crippen molar-refractivity contribution in [3.05, 3.63) is 64.2 Å². The number of rotatable bonds is 5. The van der Waals surface area contributed by atoms with Crippen molar-refractivity contribution < 1.29 is 28.8 Å². The highest BCUT2D eigenvalue weighted by Crippen LogP contribution is 2.30. The predicted octanol–water partition coefficient (Wildman–Crippen LogP) is 2.68. The molecule has 2 aromatic carbocycles. The first-order valence-corrected chi connectivity index (χ1v) is 6.95. The second-order valence-electron chi connectivity index (χ2n) is 4.61. The number of hydrazine groups is 1. The van der Waals surface area contributed by atoms with Gasteiger partial charge in [0, 0.05) is 5.01 Å². The minimum absolute atomic E-state index is 0.00867. The van der Waals surface area contributed by atoms with Gasteiger partial charge >= 0.3 is 12.1 Å². The molecule has 130 valence electrons. The fourth-order valence-electron chi connectivity index (χ4n) is 1.99. The summed E-state index contributed by atoms with van der Waals surface area (Å²) in [5.74, 6) is -0.583. The molecule has 0 aliphatic heterocycles. The van der Waals surface area contributed by atoms with Crippen LogP contribution < -0.4 is 14.5 Å². The molecule has 0 aliphatic carbocycles. The maximum atomic E-state index is 12.3. The van der Waals surface area contributed by atoms with Crippen LogP contribution in [0.25, 0.3) is 0 Å². The summed E-state index contributed by atoms with van der Waals surface area (Å²) < 4.78 is 14.6. The van der Waals surface area contributed by atoms with Gasteiger partial charge in [0.1, 0.15) is 11.5 Å². The number of nitro groups is 1. The second-order valence-corrected chi connectivity index (χ2v) is 4.61. The third-order valence-corrected chi connectivity index (χ3v) is 3.11. The molecule has 0 saturated heterocycles. The van der Waals surface area contributed by atoms with Gasteiger partial charge in [0.15, 0.2) is 10.7 Å². The molecule has 0 bridgehead atoms. The SMILES string of the molecule is COC(=O)c1ccc(OC)c(N(C(=O)Oc2ccccc2)[N+](=O)[O-])c1. The Morgan fingerprint density at radius 2 is 1.76 bits per heavy atom. The average Bonchev–Trinajstić information content (AvgIpc) is 2.61. The summed E-state index contributed by atoms with van der Waals surface area (Å²) in [6.45, 7) is 0. The van der Waals surface area contributed by atoms with Crippen molar-refractivity contribution in [2.45, 2.75) is 0 Å². The number of methoxy groups -OCH3 is 2. The molecule has 9 heteroatoms. The highest BCUT2D eigenvalue weighted by Gasteiger charge is 2.33. The second kappa shape index (κ2) is 7.77. The number of anilines is 1. The van der Waals surface area contributed by atoms with E-state index in [1.807, 2.05) is 0 Å². The van der Waals surface area contributed by atoms with Gasteiger partial charge in [-0.3, -0.25) is 0 Å². The first-order chi connectivity index (χ1) is 12.0. The predicted molar refractivity (Wildman–Crippen MR) is 86.3 cm³/mol. The summed E-state index contributed by atoms with van der Waals surface area (Å²) >= 11 is 0. The van der Waals surface area contributed by atoms with Gasteiger partial charge in [0.25, 0.3) is 0 Å². The smallest absolute Gasteiger partial charge is 0.478 e. The van der Waals surface area contributed by atoms with Gasteiger partial charge < -0.3 is 14.2 Å². The molecule has 0 aliphatic rings. The molecule has 0 radical (unpaired) electrons. The van der Waals surface area contributed by atoms with Crippen molar-refractivity contribution in [1.82, 2.24) is 0 Å². The molecular weight excluding hydrogens is 332 g/mol. The number of para-hydroxylation sites is 1. The number of nitrogens with zero attached hydrogens (tertiary/aromatic N) is 2. The Bertz CT molecular complexity index is 792. The van der Waals surface area contributed by atoms with E-state index in [0.717, 1.165) is 6.07 Å². The van der Waals surface area contributed by atoms with Gasteiger partial charge in [-0.2, -0.15) is 0 Å². The van der Waals surface area contributed by atoms with Crippen LogP contribution in [0.2, 0.25) is 0 Å². The van der Waals surface area contributed by atoms with Crippen LogP contribution in [0.1, 0.15) is 10.4 Å². The number of amides is 1. The van der Waals surface area contributed by atoms with Crippen molar-refractivity contribution >= 4 is 17.7 Å². The summed E-state index contributed by atoms with van der Waals surface area (Å²) in [5, 5.41) is 10.6. The lowest BCUT2D eigenvalue weighted by molar-refractivity contribution is -0.483. The first-order valence-electron chi connectivity index (χ1n) is 6.95. The van der Waals surface area contributed by atoms with Gasteiger partial charge in [-0.1, -0.05) is 18.2 Å². The van der Waals surface area contributed by atoms with E-state index in [1.165, 1.54) is 38.5 Å². The van der Waals surface area contributed by atoms with Crippen LogP contribution in [0.15, 0.2) is 48.5 Å². The minimum Gasteiger partial charge on any atom is -0.494 e. The van der Waals surface area contributed by atoms with Crippen molar-refractivity contribution in [2.24, 2.45) is 0 Å². The van der Waals surface area contributed by atoms with Crippen LogP contribution in [0.3, 0.4) is 0 Å². The van der Waals surface area contributed by atoms with Gasteiger partial charge in [0.05, 0.1) is 19.8 Å². The standard InChI is InChI=1S/C16H14N2O7/c1-23-14-9-8-11(15(19)24-2)10-13(14)17(18(21)22)16(20)25-12-6-4-3-5-7-12/h3-10H,1-2H3. The fraction of sp³-hybridized carbons (Fsp3) is 0.125. The van der Waals surface area contributed by atoms with Crippen LogP contribution in [0, 0.1) is 10.1 Å². The zero-order chi connectivity index (χ0) is 18.4. The Morgan fingerprint density at radius 1 is 1.08 bits per heavy atom. The zero-order valence-corrected chi connectivity index (χ0v) is 13.4.